The lowest BCUT2D eigenvalue weighted by atomic mass is 10.1. The van der Waals surface area contributed by atoms with Gasteiger partial charge in [-0.2, -0.15) is 21.9 Å². The van der Waals surface area contributed by atoms with Gasteiger partial charge in [-0.1, -0.05) is 12.2 Å². The van der Waals surface area contributed by atoms with E-state index >= 15 is 0 Å². The maximum absolute atomic E-state index is 13.0. The van der Waals surface area contributed by atoms with Gasteiger partial charge in [0.1, 0.15) is 0 Å². The van der Waals surface area contributed by atoms with Gasteiger partial charge in [0.05, 0.1) is 26.7 Å². The van der Waals surface area contributed by atoms with Crippen molar-refractivity contribution in [3.8, 4) is 5.69 Å². The largest absolute Gasteiger partial charge is 0.477 e. The number of nitrogens with zero attached hydrogens (tertiary/aromatic N) is 3. The standard InChI is InChI=1S/C23H18N4O12S2/c28-20-16(18(22(30)31)24-26(20)12-4-8-14(9-5-12)40(34,35)36)2-1-3-17-19(23(32)33)25-27(21(17)29)13-6-10-15(11-7-13)41(37,38)39/h1-11,20,25,28H,(H,30,31)(H,32,33)(H,34,35,36)(H,37,38,39)/b3-1?,16-2-. The molecule has 0 fully saturated rings. The van der Waals surface area contributed by atoms with Crippen molar-refractivity contribution in [2.45, 2.75) is 16.0 Å². The minimum absolute atomic E-state index is 0.0325. The van der Waals surface area contributed by atoms with E-state index in [0.717, 1.165) is 76.4 Å². The van der Waals surface area contributed by atoms with E-state index in [1.807, 2.05) is 0 Å². The summed E-state index contributed by atoms with van der Waals surface area (Å²) in [6, 6.07) is 8.62. The molecule has 0 amide bonds. The van der Waals surface area contributed by atoms with Crippen LogP contribution in [0.2, 0.25) is 0 Å². The average Bonchev–Trinajstić information content (AvgIpc) is 3.40. The Hall–Kier alpha value is -4.88. The van der Waals surface area contributed by atoms with Gasteiger partial charge in [-0.3, -0.25) is 19.0 Å². The first-order valence-corrected chi connectivity index (χ1v) is 13.9. The van der Waals surface area contributed by atoms with E-state index in [9.17, 15) is 46.5 Å². The number of rotatable bonds is 8. The second-order valence-corrected chi connectivity index (χ2v) is 11.1. The molecule has 2 heterocycles. The van der Waals surface area contributed by atoms with Gasteiger partial charge >= 0.3 is 11.9 Å². The molecule has 2 aromatic carbocycles. The van der Waals surface area contributed by atoms with Crippen LogP contribution in [0.4, 0.5) is 5.69 Å². The molecule has 16 nitrogen and oxygen atoms in total. The number of aromatic amines is 1. The Morgan fingerprint density at radius 1 is 0.854 bits per heavy atom. The summed E-state index contributed by atoms with van der Waals surface area (Å²) in [4.78, 5) is 35.6. The molecule has 1 atom stereocenters. The predicted octanol–water partition coefficient (Wildman–Crippen LogP) is 0.576. The fourth-order valence-corrected chi connectivity index (χ4v) is 4.70. The van der Waals surface area contributed by atoms with Crippen molar-refractivity contribution in [3.05, 3.63) is 87.9 Å². The Balaban J connectivity index is 1.69. The zero-order chi connectivity index (χ0) is 30.3. The Morgan fingerprint density at radius 2 is 1.37 bits per heavy atom. The van der Waals surface area contributed by atoms with Crippen LogP contribution in [0.15, 0.2) is 85.9 Å². The van der Waals surface area contributed by atoms with Gasteiger partial charge in [-0.25, -0.2) is 19.3 Å². The number of hydrogen-bond donors (Lipinski definition) is 6. The van der Waals surface area contributed by atoms with Crippen LogP contribution in [-0.2, 0) is 25.0 Å². The first kappa shape index (κ1) is 29.1. The number of aliphatic carboxylic acids is 1. The Morgan fingerprint density at radius 3 is 1.83 bits per heavy atom. The fraction of sp³-hybridized carbons (Fsp3) is 0.0435. The highest BCUT2D eigenvalue weighted by molar-refractivity contribution is 7.86. The van der Waals surface area contributed by atoms with Crippen molar-refractivity contribution in [3.63, 3.8) is 0 Å². The number of benzene rings is 2. The molecule has 214 valence electrons. The summed E-state index contributed by atoms with van der Waals surface area (Å²) in [5, 5.41) is 36.9. The predicted molar refractivity (Wildman–Crippen MR) is 140 cm³/mol. The Kier molecular flexibility index (Phi) is 7.52. The highest BCUT2D eigenvalue weighted by Gasteiger charge is 2.35. The normalized spacial score (nSPS) is 16.9. The second-order valence-electron chi connectivity index (χ2n) is 8.24. The molecule has 1 aromatic heterocycles. The SMILES string of the molecule is O=C(O)C1=NN(c2ccc(S(=O)(=O)O)cc2)C(O)/C1=C\C=Cc1c(C(=O)O)[nH]n(-c2ccc(S(=O)(=O)O)cc2)c1=O. The van der Waals surface area contributed by atoms with Crippen molar-refractivity contribution in [2.75, 3.05) is 5.01 Å². The van der Waals surface area contributed by atoms with Gasteiger partial charge in [0.2, 0.25) is 0 Å². The van der Waals surface area contributed by atoms with Gasteiger partial charge < -0.3 is 15.3 Å². The lowest BCUT2D eigenvalue weighted by molar-refractivity contribution is -0.129. The summed E-state index contributed by atoms with van der Waals surface area (Å²) < 4.78 is 64.0. The molecule has 0 aliphatic carbocycles. The highest BCUT2D eigenvalue weighted by atomic mass is 32.2. The molecule has 18 heteroatoms. The van der Waals surface area contributed by atoms with Crippen molar-refractivity contribution < 1.29 is 50.8 Å². The lowest BCUT2D eigenvalue weighted by Gasteiger charge is -2.19. The molecule has 0 bridgehead atoms. The summed E-state index contributed by atoms with van der Waals surface area (Å²) >= 11 is 0. The summed E-state index contributed by atoms with van der Waals surface area (Å²) in [7, 11) is -9.02. The molecule has 0 saturated heterocycles. The van der Waals surface area contributed by atoms with Crippen LogP contribution in [-0.4, -0.2) is 74.9 Å². The highest BCUT2D eigenvalue weighted by Crippen LogP contribution is 2.28. The molecule has 0 spiro atoms. The van der Waals surface area contributed by atoms with Crippen molar-refractivity contribution in [1.82, 2.24) is 9.78 Å². The number of aromatic nitrogens is 2. The molecule has 4 rings (SSSR count). The number of carbonyl (C=O) groups is 2. The summed E-state index contributed by atoms with van der Waals surface area (Å²) in [5.41, 5.74) is -2.60. The molecular formula is C23H18N4O12S2. The Labute approximate surface area is 229 Å². The van der Waals surface area contributed by atoms with Crippen molar-refractivity contribution >= 4 is 49.6 Å². The molecule has 1 aliphatic heterocycles. The van der Waals surface area contributed by atoms with E-state index in [-0.39, 0.29) is 22.5 Å². The zero-order valence-electron chi connectivity index (χ0n) is 20.2. The third kappa shape index (κ3) is 5.85. The number of anilines is 1. The third-order valence-electron chi connectivity index (χ3n) is 5.66. The van der Waals surface area contributed by atoms with Crippen LogP contribution >= 0.6 is 0 Å². The van der Waals surface area contributed by atoms with E-state index in [1.54, 1.807) is 0 Å². The van der Waals surface area contributed by atoms with Crippen molar-refractivity contribution in [2.24, 2.45) is 5.10 Å². The number of nitrogens with one attached hydrogen (secondary N) is 1. The van der Waals surface area contributed by atoms with E-state index in [2.05, 4.69) is 10.2 Å². The van der Waals surface area contributed by atoms with Crippen LogP contribution in [0, 0.1) is 0 Å². The van der Waals surface area contributed by atoms with Crippen molar-refractivity contribution in [1.29, 1.82) is 0 Å². The first-order valence-electron chi connectivity index (χ1n) is 11.0. The number of allylic oxidation sites excluding steroid dienone is 2. The quantitative estimate of drug-likeness (QED) is 0.192. The minimum atomic E-state index is -4.51. The maximum atomic E-state index is 13.0. The van der Waals surface area contributed by atoms with Crippen LogP contribution in [0.25, 0.3) is 11.8 Å². The molecule has 0 saturated carbocycles. The maximum Gasteiger partial charge on any atom is 0.356 e. The molecular weight excluding hydrogens is 588 g/mol. The molecule has 1 aliphatic rings. The van der Waals surface area contributed by atoms with Gasteiger partial charge in [-0.15, -0.1) is 0 Å². The molecule has 41 heavy (non-hydrogen) atoms. The number of hydrogen-bond acceptors (Lipinski definition) is 10. The van der Waals surface area contributed by atoms with Gasteiger partial charge in [-0.05, 0) is 54.6 Å². The molecule has 0 radical (unpaired) electrons. The lowest BCUT2D eigenvalue weighted by Crippen LogP contribution is -2.28. The zero-order valence-corrected chi connectivity index (χ0v) is 21.8. The number of carboxylic acid groups (broad SMARTS) is 2. The third-order valence-corrected chi connectivity index (χ3v) is 7.40. The van der Waals surface area contributed by atoms with Crippen LogP contribution in [0.1, 0.15) is 16.1 Å². The first-order chi connectivity index (χ1) is 19.1. The molecule has 6 N–H and O–H groups in total. The van der Waals surface area contributed by atoms with Gasteiger partial charge in [0, 0.05) is 5.57 Å². The minimum Gasteiger partial charge on any atom is -0.477 e. The number of aliphatic hydroxyl groups excluding tert-OH is 1. The summed E-state index contributed by atoms with van der Waals surface area (Å²) in [6.45, 7) is 0. The van der Waals surface area contributed by atoms with Gasteiger partial charge in [0.25, 0.3) is 25.8 Å². The number of aromatic carboxylic acids is 1. The second kappa shape index (κ2) is 10.6. The molecule has 1 unspecified atom stereocenters. The van der Waals surface area contributed by atoms with E-state index < -0.39 is 65.2 Å². The molecule has 3 aromatic rings. The van der Waals surface area contributed by atoms with Crippen LogP contribution in [0.3, 0.4) is 0 Å². The summed E-state index contributed by atoms with van der Waals surface area (Å²) in [6.07, 6.45) is 1.53. The number of aliphatic hydroxyl groups is 1. The van der Waals surface area contributed by atoms with Crippen LogP contribution < -0.4 is 10.6 Å². The average molecular weight is 607 g/mol. The fourth-order valence-electron chi connectivity index (χ4n) is 3.74. The number of carboxylic acids is 2. The number of H-pyrrole nitrogens is 1. The topological polar surface area (TPSA) is 257 Å². The van der Waals surface area contributed by atoms with E-state index in [0.29, 0.717) is 0 Å². The van der Waals surface area contributed by atoms with Crippen LogP contribution in [0.5, 0.6) is 0 Å². The smallest absolute Gasteiger partial charge is 0.356 e. The van der Waals surface area contributed by atoms with E-state index in [1.165, 1.54) is 0 Å². The van der Waals surface area contributed by atoms with Gasteiger partial charge in [0.15, 0.2) is 17.6 Å². The monoisotopic (exact) mass is 606 g/mol. The Bertz CT molecular complexity index is 1920. The van der Waals surface area contributed by atoms with E-state index in [4.69, 9.17) is 9.11 Å². The summed E-state index contributed by atoms with van der Waals surface area (Å²) in [5.74, 6) is -3.07. The number of hydrazone groups is 1.